The Labute approximate surface area is 126 Å². The predicted molar refractivity (Wildman–Crippen MR) is 84.7 cm³/mol. The molecule has 0 radical (unpaired) electrons. The molecular formula is C17H13NO2S. The Balaban J connectivity index is 1.82. The molecule has 0 aliphatic carbocycles. The van der Waals surface area contributed by atoms with Crippen molar-refractivity contribution in [2.45, 2.75) is 10.8 Å². The molecular weight excluding hydrogens is 282 g/mol. The van der Waals surface area contributed by atoms with Crippen LogP contribution in [0.25, 0.3) is 10.8 Å². The maximum atomic E-state index is 11.2. The number of carboxylic acid groups (broad SMARTS) is 1. The first-order chi connectivity index (χ1) is 10.2. The summed E-state index contributed by atoms with van der Waals surface area (Å²) in [4.78, 5) is 15.3. The van der Waals surface area contributed by atoms with Gasteiger partial charge in [-0.2, -0.15) is 0 Å². The molecule has 21 heavy (non-hydrogen) atoms. The number of fused-ring (bicyclic) bond motifs is 1. The Morgan fingerprint density at radius 2 is 1.86 bits per heavy atom. The molecule has 0 aliphatic heterocycles. The third-order valence-electron chi connectivity index (χ3n) is 3.19. The molecule has 0 amide bonds. The molecule has 0 saturated carbocycles. The molecule has 2 aromatic carbocycles. The highest BCUT2D eigenvalue weighted by atomic mass is 32.2. The van der Waals surface area contributed by atoms with Crippen LogP contribution >= 0.6 is 11.8 Å². The molecule has 3 rings (SSSR count). The quantitative estimate of drug-likeness (QED) is 0.732. The summed E-state index contributed by atoms with van der Waals surface area (Å²) >= 11 is 1.45. The van der Waals surface area contributed by atoms with Crippen LogP contribution in [0.1, 0.15) is 15.9 Å². The largest absolute Gasteiger partial charge is 0.478 e. The molecule has 0 atom stereocenters. The number of hydrogen-bond donors (Lipinski definition) is 1. The third kappa shape index (κ3) is 3.06. The first kappa shape index (κ1) is 13.6. The van der Waals surface area contributed by atoms with E-state index in [0.717, 1.165) is 5.56 Å². The maximum absolute atomic E-state index is 11.2. The molecule has 0 bridgehead atoms. The molecule has 1 heterocycles. The standard InChI is InChI=1S/C17H13NO2S/c19-17(20)15-6-3-9-18-16(15)21-11-12-7-8-13-4-1-2-5-14(13)10-12/h1-10H,11H2,(H,19,20). The van der Waals surface area contributed by atoms with E-state index in [1.807, 2.05) is 12.1 Å². The van der Waals surface area contributed by atoms with Gasteiger partial charge in [0.15, 0.2) is 0 Å². The summed E-state index contributed by atoms with van der Waals surface area (Å²) in [5, 5.41) is 12.1. The Morgan fingerprint density at radius 3 is 2.67 bits per heavy atom. The zero-order chi connectivity index (χ0) is 14.7. The van der Waals surface area contributed by atoms with E-state index in [4.69, 9.17) is 5.11 Å². The summed E-state index contributed by atoms with van der Waals surface area (Å²) in [6.07, 6.45) is 1.62. The van der Waals surface area contributed by atoms with Gasteiger partial charge in [-0.25, -0.2) is 9.78 Å². The van der Waals surface area contributed by atoms with Crippen LogP contribution < -0.4 is 0 Å². The highest BCUT2D eigenvalue weighted by Gasteiger charge is 2.11. The summed E-state index contributed by atoms with van der Waals surface area (Å²) in [6, 6.07) is 17.7. The Hall–Kier alpha value is -2.33. The van der Waals surface area contributed by atoms with Crippen LogP contribution in [0.2, 0.25) is 0 Å². The number of benzene rings is 2. The van der Waals surface area contributed by atoms with Gasteiger partial charge >= 0.3 is 5.97 Å². The fraction of sp³-hybridized carbons (Fsp3) is 0.0588. The monoisotopic (exact) mass is 295 g/mol. The van der Waals surface area contributed by atoms with Crippen molar-refractivity contribution in [1.29, 1.82) is 0 Å². The summed E-state index contributed by atoms with van der Waals surface area (Å²) in [6.45, 7) is 0. The van der Waals surface area contributed by atoms with Gasteiger partial charge in [-0.15, -0.1) is 11.8 Å². The van der Waals surface area contributed by atoms with Crippen molar-refractivity contribution < 1.29 is 9.90 Å². The fourth-order valence-corrected chi connectivity index (χ4v) is 3.08. The second kappa shape index (κ2) is 5.97. The van der Waals surface area contributed by atoms with Crippen molar-refractivity contribution in [2.24, 2.45) is 0 Å². The zero-order valence-electron chi connectivity index (χ0n) is 11.2. The Morgan fingerprint density at radius 1 is 1.05 bits per heavy atom. The molecule has 0 saturated heterocycles. The van der Waals surface area contributed by atoms with Crippen molar-refractivity contribution in [3.8, 4) is 0 Å². The minimum Gasteiger partial charge on any atom is -0.478 e. The van der Waals surface area contributed by atoms with E-state index in [1.54, 1.807) is 18.3 Å². The van der Waals surface area contributed by atoms with Gasteiger partial charge < -0.3 is 5.11 Å². The molecule has 1 aromatic heterocycles. The van der Waals surface area contributed by atoms with Crippen LogP contribution in [0.5, 0.6) is 0 Å². The molecule has 0 fully saturated rings. The second-order valence-corrected chi connectivity index (χ2v) is 5.60. The first-order valence-corrected chi connectivity index (χ1v) is 7.51. The molecule has 3 nitrogen and oxygen atoms in total. The number of aromatic carboxylic acids is 1. The van der Waals surface area contributed by atoms with E-state index in [9.17, 15) is 4.79 Å². The number of thioether (sulfide) groups is 1. The van der Waals surface area contributed by atoms with Crippen LogP contribution in [-0.2, 0) is 5.75 Å². The predicted octanol–water partition coefficient (Wildman–Crippen LogP) is 4.23. The average Bonchev–Trinajstić information content (AvgIpc) is 2.53. The normalized spacial score (nSPS) is 10.7. The van der Waals surface area contributed by atoms with E-state index in [0.29, 0.717) is 10.8 Å². The number of aromatic nitrogens is 1. The minimum atomic E-state index is -0.941. The van der Waals surface area contributed by atoms with E-state index in [1.165, 1.54) is 22.5 Å². The number of hydrogen-bond acceptors (Lipinski definition) is 3. The van der Waals surface area contributed by atoms with E-state index < -0.39 is 5.97 Å². The summed E-state index contributed by atoms with van der Waals surface area (Å²) in [5.74, 6) is -0.244. The number of carboxylic acids is 1. The van der Waals surface area contributed by atoms with Crippen LogP contribution in [0.3, 0.4) is 0 Å². The molecule has 0 spiro atoms. The van der Waals surface area contributed by atoms with Gasteiger partial charge in [-0.3, -0.25) is 0 Å². The number of rotatable bonds is 4. The van der Waals surface area contributed by atoms with Gasteiger partial charge in [0.05, 0.1) is 5.56 Å². The zero-order valence-corrected chi connectivity index (χ0v) is 12.0. The average molecular weight is 295 g/mol. The number of nitrogens with zero attached hydrogens (tertiary/aromatic N) is 1. The van der Waals surface area contributed by atoms with Crippen LogP contribution in [0.4, 0.5) is 0 Å². The smallest absolute Gasteiger partial charge is 0.338 e. The topological polar surface area (TPSA) is 50.2 Å². The minimum absolute atomic E-state index is 0.253. The number of pyridine rings is 1. The van der Waals surface area contributed by atoms with E-state index in [2.05, 4.69) is 35.3 Å². The van der Waals surface area contributed by atoms with Crippen LogP contribution in [-0.4, -0.2) is 16.1 Å². The Bertz CT molecular complexity index is 801. The second-order valence-electron chi connectivity index (χ2n) is 4.63. The molecule has 3 aromatic rings. The van der Waals surface area contributed by atoms with Gasteiger partial charge in [0.2, 0.25) is 0 Å². The lowest BCUT2D eigenvalue weighted by Gasteiger charge is -2.06. The fourth-order valence-electron chi connectivity index (χ4n) is 2.15. The van der Waals surface area contributed by atoms with Gasteiger partial charge in [-0.05, 0) is 28.5 Å². The van der Waals surface area contributed by atoms with Gasteiger partial charge in [0.25, 0.3) is 0 Å². The SMILES string of the molecule is O=C(O)c1cccnc1SCc1ccc2ccccc2c1. The van der Waals surface area contributed by atoms with E-state index >= 15 is 0 Å². The highest BCUT2D eigenvalue weighted by Crippen LogP contribution is 2.26. The first-order valence-electron chi connectivity index (χ1n) is 6.53. The summed E-state index contributed by atoms with van der Waals surface area (Å²) in [5.41, 5.74) is 1.41. The highest BCUT2D eigenvalue weighted by molar-refractivity contribution is 7.98. The van der Waals surface area contributed by atoms with Crippen molar-refractivity contribution in [3.05, 3.63) is 71.9 Å². The molecule has 0 aliphatic rings. The van der Waals surface area contributed by atoms with Gasteiger partial charge in [-0.1, -0.05) is 42.5 Å². The lowest BCUT2D eigenvalue weighted by Crippen LogP contribution is -2.00. The van der Waals surface area contributed by atoms with Crippen LogP contribution in [0, 0.1) is 0 Å². The Kier molecular flexibility index (Phi) is 3.88. The maximum Gasteiger partial charge on any atom is 0.338 e. The van der Waals surface area contributed by atoms with Crippen LogP contribution in [0.15, 0.2) is 65.8 Å². The van der Waals surface area contributed by atoms with Gasteiger partial charge in [0.1, 0.15) is 5.03 Å². The van der Waals surface area contributed by atoms with Crippen molar-refractivity contribution in [1.82, 2.24) is 4.98 Å². The van der Waals surface area contributed by atoms with Crippen molar-refractivity contribution in [3.63, 3.8) is 0 Å². The molecule has 104 valence electrons. The lowest BCUT2D eigenvalue weighted by atomic mass is 10.1. The molecule has 4 heteroatoms. The van der Waals surface area contributed by atoms with Crippen molar-refractivity contribution >= 4 is 28.5 Å². The summed E-state index contributed by atoms with van der Waals surface area (Å²) in [7, 11) is 0. The van der Waals surface area contributed by atoms with Crippen molar-refractivity contribution in [2.75, 3.05) is 0 Å². The summed E-state index contributed by atoms with van der Waals surface area (Å²) < 4.78 is 0. The number of carbonyl (C=O) groups is 1. The molecule has 1 N–H and O–H groups in total. The third-order valence-corrected chi connectivity index (χ3v) is 4.27. The van der Waals surface area contributed by atoms with E-state index in [-0.39, 0.29) is 5.56 Å². The molecule has 0 unspecified atom stereocenters. The van der Waals surface area contributed by atoms with Gasteiger partial charge in [0, 0.05) is 11.9 Å². The lowest BCUT2D eigenvalue weighted by molar-refractivity contribution is 0.0692.